The molecule has 0 heterocycles. The van der Waals surface area contributed by atoms with Gasteiger partial charge in [-0.25, -0.2) is 4.39 Å². The van der Waals surface area contributed by atoms with Crippen molar-refractivity contribution in [1.82, 2.24) is 0 Å². The van der Waals surface area contributed by atoms with Crippen molar-refractivity contribution < 1.29 is 4.39 Å². The molecule has 138 valence electrons. The minimum Gasteiger partial charge on any atom is -0.207 e. The van der Waals surface area contributed by atoms with Gasteiger partial charge in [-0.2, -0.15) is 0 Å². The van der Waals surface area contributed by atoms with Crippen molar-refractivity contribution in [2.75, 3.05) is 0 Å². The molecule has 0 aromatic heterocycles. The normalized spacial score (nSPS) is 10.9. The van der Waals surface area contributed by atoms with Crippen LogP contribution in [0.25, 0.3) is 44.2 Å². The zero-order valence-corrected chi connectivity index (χ0v) is 15.8. The number of rotatable bonds is 3. The summed E-state index contributed by atoms with van der Waals surface area (Å²) < 4.78 is 13.5. The van der Waals surface area contributed by atoms with Crippen LogP contribution in [-0.4, -0.2) is 0 Å². The summed E-state index contributed by atoms with van der Waals surface area (Å²) in [5.74, 6) is -0.213. The van der Waals surface area contributed by atoms with Crippen molar-refractivity contribution in [3.8, 4) is 33.4 Å². The molecule has 0 amide bonds. The molecule has 29 heavy (non-hydrogen) atoms. The molecular formula is C28H19F. The number of fused-ring (bicyclic) bond motifs is 1. The van der Waals surface area contributed by atoms with Gasteiger partial charge in [-0.15, -0.1) is 0 Å². The molecule has 5 rings (SSSR count). The summed E-state index contributed by atoms with van der Waals surface area (Å²) in [4.78, 5) is 0. The van der Waals surface area contributed by atoms with E-state index in [1.807, 2.05) is 18.2 Å². The van der Waals surface area contributed by atoms with Gasteiger partial charge in [0.05, 0.1) is 0 Å². The van der Waals surface area contributed by atoms with Gasteiger partial charge in [0.15, 0.2) is 0 Å². The highest BCUT2D eigenvalue weighted by molar-refractivity contribution is 5.88. The third-order valence-corrected chi connectivity index (χ3v) is 5.32. The number of hydrogen-bond donors (Lipinski definition) is 0. The molecule has 0 N–H and O–H groups in total. The molecule has 0 aliphatic carbocycles. The number of halogens is 1. The molecule has 0 radical (unpaired) electrons. The Kier molecular flexibility index (Phi) is 4.42. The van der Waals surface area contributed by atoms with Crippen molar-refractivity contribution in [2.45, 2.75) is 0 Å². The zero-order valence-electron chi connectivity index (χ0n) is 15.8. The van der Waals surface area contributed by atoms with E-state index in [1.165, 1.54) is 33.5 Å². The van der Waals surface area contributed by atoms with E-state index in [0.717, 1.165) is 16.7 Å². The van der Waals surface area contributed by atoms with E-state index in [1.54, 1.807) is 12.1 Å². The first kappa shape index (κ1) is 17.4. The van der Waals surface area contributed by atoms with Crippen molar-refractivity contribution in [3.63, 3.8) is 0 Å². The molecule has 0 aliphatic heterocycles. The Balaban J connectivity index is 1.49. The van der Waals surface area contributed by atoms with Crippen LogP contribution in [0.15, 0.2) is 115 Å². The molecule has 0 unspecified atom stereocenters. The van der Waals surface area contributed by atoms with E-state index in [4.69, 9.17) is 0 Å². The average molecular weight is 374 g/mol. The molecule has 0 nitrogen and oxygen atoms in total. The summed E-state index contributed by atoms with van der Waals surface area (Å²) in [6, 6.07) is 38.6. The highest BCUT2D eigenvalue weighted by atomic mass is 19.1. The third kappa shape index (κ3) is 3.55. The number of benzene rings is 5. The third-order valence-electron chi connectivity index (χ3n) is 5.32. The Morgan fingerprint density at radius 1 is 0.345 bits per heavy atom. The highest BCUT2D eigenvalue weighted by Crippen LogP contribution is 2.30. The Morgan fingerprint density at radius 2 is 0.862 bits per heavy atom. The van der Waals surface area contributed by atoms with Crippen molar-refractivity contribution in [2.24, 2.45) is 0 Å². The van der Waals surface area contributed by atoms with Crippen molar-refractivity contribution in [1.29, 1.82) is 0 Å². The van der Waals surface area contributed by atoms with Crippen LogP contribution in [0.5, 0.6) is 0 Å². The first-order chi connectivity index (χ1) is 14.3. The lowest BCUT2D eigenvalue weighted by molar-refractivity contribution is 0.628. The summed E-state index contributed by atoms with van der Waals surface area (Å²) >= 11 is 0. The van der Waals surface area contributed by atoms with Crippen LogP contribution in [0.3, 0.4) is 0 Å². The molecule has 5 aromatic rings. The maximum absolute atomic E-state index is 13.5. The van der Waals surface area contributed by atoms with Gasteiger partial charge in [0.1, 0.15) is 5.82 Å². The Bertz CT molecular complexity index is 1300. The van der Waals surface area contributed by atoms with E-state index in [-0.39, 0.29) is 5.82 Å². The quantitative estimate of drug-likeness (QED) is 0.300. The number of hydrogen-bond acceptors (Lipinski definition) is 0. The van der Waals surface area contributed by atoms with E-state index < -0.39 is 0 Å². The minimum absolute atomic E-state index is 0.213. The fraction of sp³-hybridized carbons (Fsp3) is 0. The van der Waals surface area contributed by atoms with Gasteiger partial charge >= 0.3 is 0 Å². The summed E-state index contributed by atoms with van der Waals surface area (Å²) in [7, 11) is 0. The lowest BCUT2D eigenvalue weighted by Crippen LogP contribution is -1.84. The van der Waals surface area contributed by atoms with Gasteiger partial charge in [-0.05, 0) is 68.4 Å². The van der Waals surface area contributed by atoms with Crippen LogP contribution in [0.1, 0.15) is 0 Å². The molecular weight excluding hydrogens is 355 g/mol. The zero-order chi connectivity index (χ0) is 19.6. The monoisotopic (exact) mass is 374 g/mol. The summed E-state index contributed by atoms with van der Waals surface area (Å²) in [6.45, 7) is 0. The van der Waals surface area contributed by atoms with E-state index in [0.29, 0.717) is 0 Å². The van der Waals surface area contributed by atoms with Crippen LogP contribution >= 0.6 is 0 Å². The minimum atomic E-state index is -0.213. The van der Waals surface area contributed by atoms with Crippen LogP contribution in [0.2, 0.25) is 0 Å². The molecule has 0 atom stereocenters. The fourth-order valence-electron chi connectivity index (χ4n) is 3.77. The fourth-order valence-corrected chi connectivity index (χ4v) is 3.77. The second-order valence-electron chi connectivity index (χ2n) is 7.23. The summed E-state index contributed by atoms with van der Waals surface area (Å²) in [6.07, 6.45) is 0. The smallest absolute Gasteiger partial charge is 0.123 e. The van der Waals surface area contributed by atoms with Crippen molar-refractivity contribution in [3.05, 3.63) is 121 Å². The molecule has 0 bridgehead atoms. The van der Waals surface area contributed by atoms with Gasteiger partial charge in [0, 0.05) is 0 Å². The molecule has 0 fully saturated rings. The van der Waals surface area contributed by atoms with Crippen LogP contribution < -0.4 is 0 Å². The molecule has 0 saturated carbocycles. The van der Waals surface area contributed by atoms with Crippen LogP contribution in [-0.2, 0) is 0 Å². The van der Waals surface area contributed by atoms with Crippen LogP contribution in [0.4, 0.5) is 4.39 Å². The topological polar surface area (TPSA) is 0 Å². The molecule has 1 heteroatoms. The first-order valence-corrected chi connectivity index (χ1v) is 9.72. The lowest BCUT2D eigenvalue weighted by atomic mass is 9.96. The maximum Gasteiger partial charge on any atom is 0.123 e. The van der Waals surface area contributed by atoms with Crippen molar-refractivity contribution >= 4 is 10.8 Å². The Hall–Kier alpha value is -3.71. The van der Waals surface area contributed by atoms with Gasteiger partial charge in [0.25, 0.3) is 0 Å². The van der Waals surface area contributed by atoms with Crippen LogP contribution in [0, 0.1) is 5.82 Å². The Morgan fingerprint density at radius 3 is 1.55 bits per heavy atom. The standard InChI is InChI=1S/C28H19F/c29-28-10-4-9-26(19-28)22-13-11-21(12-14-22)24-7-3-8-25(17-24)27-16-15-20-5-1-2-6-23(20)18-27/h1-19H. The molecule has 0 saturated heterocycles. The van der Waals surface area contributed by atoms with Gasteiger partial charge in [0.2, 0.25) is 0 Å². The van der Waals surface area contributed by atoms with Gasteiger partial charge < -0.3 is 0 Å². The molecule has 5 aromatic carbocycles. The van der Waals surface area contributed by atoms with Gasteiger partial charge in [-0.1, -0.05) is 91.0 Å². The predicted octanol–water partition coefficient (Wildman–Crippen LogP) is 7.98. The predicted molar refractivity (Wildman–Crippen MR) is 120 cm³/mol. The van der Waals surface area contributed by atoms with E-state index >= 15 is 0 Å². The average Bonchev–Trinajstić information content (AvgIpc) is 2.79. The second-order valence-corrected chi connectivity index (χ2v) is 7.23. The Labute approximate surface area is 169 Å². The maximum atomic E-state index is 13.5. The highest BCUT2D eigenvalue weighted by Gasteiger charge is 2.05. The van der Waals surface area contributed by atoms with E-state index in [9.17, 15) is 4.39 Å². The molecule has 0 spiro atoms. The first-order valence-electron chi connectivity index (χ1n) is 9.72. The molecule has 0 aliphatic rings. The lowest BCUT2D eigenvalue weighted by Gasteiger charge is -2.09. The van der Waals surface area contributed by atoms with Gasteiger partial charge in [-0.3, -0.25) is 0 Å². The SMILES string of the molecule is Fc1cccc(-c2ccc(-c3cccc(-c4ccc5ccccc5c4)c3)cc2)c1. The second kappa shape index (κ2) is 7.37. The summed E-state index contributed by atoms with van der Waals surface area (Å²) in [5, 5.41) is 2.50. The summed E-state index contributed by atoms with van der Waals surface area (Å²) in [5.41, 5.74) is 6.62. The van der Waals surface area contributed by atoms with E-state index in [2.05, 4.69) is 78.9 Å². The largest absolute Gasteiger partial charge is 0.207 e.